The van der Waals surface area contributed by atoms with Gasteiger partial charge in [0.1, 0.15) is 5.82 Å². The summed E-state index contributed by atoms with van der Waals surface area (Å²) < 4.78 is 11.6. The van der Waals surface area contributed by atoms with Crippen molar-refractivity contribution in [2.75, 3.05) is 30.4 Å². The number of hydrogen-bond acceptors (Lipinski definition) is 5. The van der Waals surface area contributed by atoms with Crippen molar-refractivity contribution >= 4 is 11.5 Å². The summed E-state index contributed by atoms with van der Waals surface area (Å²) in [6.45, 7) is 6.53. The first-order valence-electron chi connectivity index (χ1n) is 7.92. The summed E-state index contributed by atoms with van der Waals surface area (Å²) in [7, 11) is 0. The van der Waals surface area contributed by atoms with Gasteiger partial charge in [-0.25, -0.2) is 0 Å². The van der Waals surface area contributed by atoms with E-state index in [1.165, 1.54) is 12.8 Å². The normalized spacial score (nSPS) is 25.2. The third-order valence-electron chi connectivity index (χ3n) is 4.20. The highest BCUT2D eigenvalue weighted by atomic mass is 16.5. The van der Waals surface area contributed by atoms with Gasteiger partial charge >= 0.3 is 0 Å². The van der Waals surface area contributed by atoms with Gasteiger partial charge in [-0.05, 0) is 37.3 Å². The minimum Gasteiger partial charge on any atom is -0.476 e. The monoisotopic (exact) mass is 291 g/mol. The SMILES string of the molecule is CC(C)COc1nc(N2CCOC3CCCC32)ccc1N. The van der Waals surface area contributed by atoms with Gasteiger partial charge in [0.05, 0.1) is 31.0 Å². The van der Waals surface area contributed by atoms with E-state index in [1.807, 2.05) is 12.1 Å². The summed E-state index contributed by atoms with van der Waals surface area (Å²) >= 11 is 0. The fraction of sp³-hybridized carbons (Fsp3) is 0.688. The molecule has 1 saturated carbocycles. The number of morpholine rings is 1. The van der Waals surface area contributed by atoms with Gasteiger partial charge in [-0.1, -0.05) is 13.8 Å². The highest BCUT2D eigenvalue weighted by Gasteiger charge is 2.36. The Bertz CT molecular complexity index is 492. The number of nitrogen functional groups attached to an aromatic ring is 1. The molecule has 1 saturated heterocycles. The zero-order valence-corrected chi connectivity index (χ0v) is 12.9. The van der Waals surface area contributed by atoms with Gasteiger partial charge in [-0.2, -0.15) is 4.98 Å². The number of anilines is 2. The summed E-state index contributed by atoms with van der Waals surface area (Å²) in [5.41, 5.74) is 6.59. The Kier molecular flexibility index (Phi) is 4.19. The van der Waals surface area contributed by atoms with E-state index in [0.29, 0.717) is 36.2 Å². The number of aromatic nitrogens is 1. The molecule has 0 bridgehead atoms. The zero-order valence-electron chi connectivity index (χ0n) is 12.9. The molecule has 2 N–H and O–H groups in total. The van der Waals surface area contributed by atoms with E-state index in [4.69, 9.17) is 15.2 Å². The van der Waals surface area contributed by atoms with E-state index < -0.39 is 0 Å². The molecule has 5 nitrogen and oxygen atoms in total. The van der Waals surface area contributed by atoms with Crippen molar-refractivity contribution in [3.63, 3.8) is 0 Å². The Labute approximate surface area is 126 Å². The van der Waals surface area contributed by atoms with Crippen LogP contribution in [0.3, 0.4) is 0 Å². The van der Waals surface area contributed by atoms with Crippen molar-refractivity contribution in [3.8, 4) is 5.88 Å². The molecule has 3 rings (SSSR count). The molecule has 116 valence electrons. The molecular formula is C16H25N3O2. The van der Waals surface area contributed by atoms with E-state index in [1.54, 1.807) is 0 Å². The van der Waals surface area contributed by atoms with Gasteiger partial charge in [-0.3, -0.25) is 0 Å². The largest absolute Gasteiger partial charge is 0.476 e. The fourth-order valence-corrected chi connectivity index (χ4v) is 3.17. The van der Waals surface area contributed by atoms with Crippen LogP contribution in [0.2, 0.25) is 0 Å². The Balaban J connectivity index is 1.79. The molecule has 0 radical (unpaired) electrons. The van der Waals surface area contributed by atoms with Crippen molar-refractivity contribution < 1.29 is 9.47 Å². The van der Waals surface area contributed by atoms with Gasteiger partial charge in [0.2, 0.25) is 5.88 Å². The predicted octanol–water partition coefficient (Wildman–Crippen LogP) is 2.46. The molecule has 2 unspecified atom stereocenters. The van der Waals surface area contributed by atoms with E-state index in [-0.39, 0.29) is 0 Å². The molecule has 1 aliphatic carbocycles. The molecule has 1 aromatic rings. The van der Waals surface area contributed by atoms with Crippen LogP contribution in [0, 0.1) is 5.92 Å². The maximum absolute atomic E-state index is 5.98. The van der Waals surface area contributed by atoms with E-state index in [0.717, 1.165) is 25.4 Å². The van der Waals surface area contributed by atoms with Crippen LogP contribution in [-0.2, 0) is 4.74 Å². The fourth-order valence-electron chi connectivity index (χ4n) is 3.17. The smallest absolute Gasteiger partial charge is 0.239 e. The van der Waals surface area contributed by atoms with Crippen molar-refractivity contribution in [1.82, 2.24) is 4.98 Å². The molecule has 1 aliphatic heterocycles. The lowest BCUT2D eigenvalue weighted by molar-refractivity contribution is 0.0253. The molecule has 2 atom stereocenters. The van der Waals surface area contributed by atoms with Crippen LogP contribution >= 0.6 is 0 Å². The lowest BCUT2D eigenvalue weighted by atomic mass is 10.1. The minimum absolute atomic E-state index is 0.359. The molecule has 21 heavy (non-hydrogen) atoms. The lowest BCUT2D eigenvalue weighted by Gasteiger charge is -2.38. The van der Waals surface area contributed by atoms with Crippen LogP contribution in [0.25, 0.3) is 0 Å². The van der Waals surface area contributed by atoms with E-state index in [2.05, 4.69) is 23.7 Å². The number of nitrogens with two attached hydrogens (primary N) is 1. The van der Waals surface area contributed by atoms with Crippen LogP contribution in [0.1, 0.15) is 33.1 Å². The summed E-state index contributed by atoms with van der Waals surface area (Å²) in [5.74, 6) is 1.97. The number of hydrogen-bond donors (Lipinski definition) is 1. The summed E-state index contributed by atoms with van der Waals surface area (Å²) in [6.07, 6.45) is 3.93. The van der Waals surface area contributed by atoms with Crippen molar-refractivity contribution in [2.24, 2.45) is 5.92 Å². The quantitative estimate of drug-likeness (QED) is 0.923. The van der Waals surface area contributed by atoms with Gasteiger partial charge in [0.15, 0.2) is 0 Å². The number of ether oxygens (including phenoxy) is 2. The standard InChI is InChI=1S/C16H25N3O2/c1-11(2)10-21-16-12(17)6-7-15(18-16)19-8-9-20-14-5-3-4-13(14)19/h6-7,11,13-14H,3-5,8-10,17H2,1-2H3. The topological polar surface area (TPSA) is 60.6 Å². The number of fused-ring (bicyclic) bond motifs is 1. The maximum atomic E-state index is 5.98. The summed E-state index contributed by atoms with van der Waals surface area (Å²) in [6, 6.07) is 4.35. The van der Waals surface area contributed by atoms with Gasteiger partial charge in [0, 0.05) is 6.54 Å². The maximum Gasteiger partial charge on any atom is 0.239 e. The second kappa shape index (κ2) is 6.10. The second-order valence-electron chi connectivity index (χ2n) is 6.37. The van der Waals surface area contributed by atoms with Gasteiger partial charge in [0.25, 0.3) is 0 Å². The van der Waals surface area contributed by atoms with E-state index >= 15 is 0 Å². The van der Waals surface area contributed by atoms with Crippen LogP contribution in [0.5, 0.6) is 5.88 Å². The first-order valence-corrected chi connectivity index (χ1v) is 7.92. The van der Waals surface area contributed by atoms with Crippen LogP contribution in [-0.4, -0.2) is 36.9 Å². The van der Waals surface area contributed by atoms with E-state index in [9.17, 15) is 0 Å². The van der Waals surface area contributed by atoms with Gasteiger partial charge in [-0.15, -0.1) is 0 Å². The van der Waals surface area contributed by atoms with Crippen LogP contribution < -0.4 is 15.4 Å². The van der Waals surface area contributed by atoms with Crippen molar-refractivity contribution in [1.29, 1.82) is 0 Å². The Morgan fingerprint density at radius 3 is 3.10 bits per heavy atom. The molecule has 2 heterocycles. The molecule has 0 spiro atoms. The highest BCUT2D eigenvalue weighted by molar-refractivity contribution is 5.55. The van der Waals surface area contributed by atoms with Crippen molar-refractivity contribution in [2.45, 2.75) is 45.3 Å². The zero-order chi connectivity index (χ0) is 14.8. The number of pyridine rings is 1. The average Bonchev–Trinajstić information content (AvgIpc) is 2.94. The Morgan fingerprint density at radius 2 is 2.29 bits per heavy atom. The predicted molar refractivity (Wildman–Crippen MR) is 83.7 cm³/mol. The highest BCUT2D eigenvalue weighted by Crippen LogP contribution is 2.33. The average molecular weight is 291 g/mol. The molecule has 5 heteroatoms. The Hall–Kier alpha value is -1.49. The Morgan fingerprint density at radius 1 is 1.43 bits per heavy atom. The minimum atomic E-state index is 0.359. The van der Waals surface area contributed by atoms with Crippen molar-refractivity contribution in [3.05, 3.63) is 12.1 Å². The van der Waals surface area contributed by atoms with Crippen LogP contribution in [0.4, 0.5) is 11.5 Å². The number of rotatable bonds is 4. The molecule has 2 fully saturated rings. The third-order valence-corrected chi connectivity index (χ3v) is 4.20. The molecule has 0 amide bonds. The molecule has 2 aliphatic rings. The molecule has 1 aromatic heterocycles. The first-order chi connectivity index (χ1) is 10.1. The lowest BCUT2D eigenvalue weighted by Crippen LogP contribution is -2.49. The second-order valence-corrected chi connectivity index (χ2v) is 6.37. The van der Waals surface area contributed by atoms with Crippen LogP contribution in [0.15, 0.2) is 12.1 Å². The first kappa shape index (κ1) is 14.4. The molecule has 0 aromatic carbocycles. The van der Waals surface area contributed by atoms with Gasteiger partial charge < -0.3 is 20.1 Å². The third kappa shape index (κ3) is 3.07. The summed E-state index contributed by atoms with van der Waals surface area (Å²) in [4.78, 5) is 7.02. The summed E-state index contributed by atoms with van der Waals surface area (Å²) in [5, 5.41) is 0. The molecular weight excluding hydrogens is 266 g/mol. The number of nitrogens with zero attached hydrogens (tertiary/aromatic N) is 2.